The van der Waals surface area contributed by atoms with Crippen molar-refractivity contribution in [3.8, 4) is 11.5 Å². The number of carbonyl (C=O) groups excluding carboxylic acids is 1. The van der Waals surface area contributed by atoms with Crippen LogP contribution in [-0.2, 0) is 0 Å². The van der Waals surface area contributed by atoms with Crippen LogP contribution < -0.4 is 5.32 Å². The third-order valence-corrected chi connectivity index (χ3v) is 3.39. The number of nitrogens with zero attached hydrogens (tertiary/aromatic N) is 2. The van der Waals surface area contributed by atoms with Crippen LogP contribution in [0.5, 0.6) is 0 Å². The molecule has 8 heteroatoms. The van der Waals surface area contributed by atoms with Crippen molar-refractivity contribution in [1.82, 2.24) is 10.2 Å². The van der Waals surface area contributed by atoms with Crippen LogP contribution in [0.3, 0.4) is 0 Å². The number of benzene rings is 2. The summed E-state index contributed by atoms with van der Waals surface area (Å²) in [5, 5.41) is 10.4. The first-order valence-corrected chi connectivity index (χ1v) is 7.14. The van der Waals surface area contributed by atoms with Crippen LogP contribution in [0, 0.1) is 5.82 Å². The highest BCUT2D eigenvalue weighted by molar-refractivity contribution is 6.31. The normalized spacial score (nSPS) is 10.6. The largest absolute Gasteiger partial charge is 0.412 e. The topological polar surface area (TPSA) is 68.0 Å². The molecule has 0 aliphatic rings. The molecule has 116 valence electrons. The van der Waals surface area contributed by atoms with Crippen LogP contribution in [0.2, 0.25) is 10.0 Å². The Morgan fingerprint density at radius 1 is 1.13 bits per heavy atom. The summed E-state index contributed by atoms with van der Waals surface area (Å²) < 4.78 is 18.4. The lowest BCUT2D eigenvalue weighted by atomic mass is 10.2. The van der Waals surface area contributed by atoms with E-state index in [1.165, 1.54) is 12.1 Å². The molecule has 1 aromatic heterocycles. The van der Waals surface area contributed by atoms with Gasteiger partial charge in [0.25, 0.3) is 0 Å². The Bertz CT molecular complexity index is 883. The van der Waals surface area contributed by atoms with Crippen molar-refractivity contribution in [2.24, 2.45) is 0 Å². The van der Waals surface area contributed by atoms with Crippen molar-refractivity contribution in [2.45, 2.75) is 0 Å². The molecule has 1 amide bonds. The first kappa shape index (κ1) is 15.5. The van der Waals surface area contributed by atoms with Gasteiger partial charge in [0.1, 0.15) is 5.82 Å². The maximum absolute atomic E-state index is 13.1. The van der Waals surface area contributed by atoms with Gasteiger partial charge in [0.15, 0.2) is 0 Å². The van der Waals surface area contributed by atoms with Gasteiger partial charge < -0.3 is 9.73 Å². The van der Waals surface area contributed by atoms with E-state index in [1.54, 1.807) is 24.3 Å². The number of hydrogen-bond donors (Lipinski definition) is 1. The van der Waals surface area contributed by atoms with Crippen molar-refractivity contribution < 1.29 is 13.6 Å². The molecule has 0 bridgehead atoms. The summed E-state index contributed by atoms with van der Waals surface area (Å²) in [5.41, 5.74) is 0.901. The molecule has 2 aromatic carbocycles. The van der Waals surface area contributed by atoms with E-state index >= 15 is 0 Å². The van der Waals surface area contributed by atoms with Gasteiger partial charge in [-0.1, -0.05) is 29.3 Å². The molecule has 1 N–H and O–H groups in total. The molecule has 0 aliphatic carbocycles. The number of hydrogen-bond acceptors (Lipinski definition) is 4. The molecule has 5 nitrogen and oxygen atoms in total. The molecule has 0 radical (unpaired) electrons. The molecular formula is C15H8Cl2FN3O2. The van der Waals surface area contributed by atoms with E-state index in [1.807, 2.05) is 0 Å². The van der Waals surface area contributed by atoms with E-state index in [0.717, 1.165) is 6.07 Å². The molecule has 0 saturated carbocycles. The minimum Gasteiger partial charge on any atom is -0.412 e. The van der Waals surface area contributed by atoms with Crippen LogP contribution in [0.1, 0.15) is 10.7 Å². The van der Waals surface area contributed by atoms with Crippen LogP contribution in [0.4, 0.5) is 10.1 Å². The Labute approximate surface area is 140 Å². The number of amides is 1. The van der Waals surface area contributed by atoms with Crippen LogP contribution >= 0.6 is 23.2 Å². The van der Waals surface area contributed by atoms with E-state index in [9.17, 15) is 9.18 Å². The predicted molar refractivity (Wildman–Crippen MR) is 84.1 cm³/mol. The highest BCUT2D eigenvalue weighted by Crippen LogP contribution is 2.23. The highest BCUT2D eigenvalue weighted by atomic mass is 35.5. The van der Waals surface area contributed by atoms with Crippen LogP contribution in [-0.4, -0.2) is 16.1 Å². The molecule has 0 fully saturated rings. The van der Waals surface area contributed by atoms with Crippen molar-refractivity contribution >= 4 is 34.8 Å². The lowest BCUT2D eigenvalue weighted by Crippen LogP contribution is -2.12. The molecule has 0 unspecified atom stereocenters. The lowest BCUT2D eigenvalue weighted by Gasteiger charge is -2.03. The van der Waals surface area contributed by atoms with E-state index in [2.05, 4.69) is 15.5 Å². The first-order valence-electron chi connectivity index (χ1n) is 6.39. The zero-order valence-corrected chi connectivity index (χ0v) is 12.9. The van der Waals surface area contributed by atoms with Gasteiger partial charge in [-0.15, -0.1) is 10.2 Å². The number of carbonyl (C=O) groups is 1. The Morgan fingerprint density at radius 2 is 1.96 bits per heavy atom. The van der Waals surface area contributed by atoms with Crippen LogP contribution in [0.15, 0.2) is 46.9 Å². The summed E-state index contributed by atoms with van der Waals surface area (Å²) in [7, 11) is 0. The van der Waals surface area contributed by atoms with Gasteiger partial charge in [0, 0.05) is 16.3 Å². The van der Waals surface area contributed by atoms with Gasteiger partial charge in [0.2, 0.25) is 5.89 Å². The molecular weight excluding hydrogens is 344 g/mol. The van der Waals surface area contributed by atoms with Gasteiger partial charge in [-0.2, -0.15) is 0 Å². The Morgan fingerprint density at radius 3 is 2.70 bits per heavy atom. The third kappa shape index (κ3) is 3.49. The standard InChI is InChI=1S/C15H8Cl2FN3O2/c16-9-3-1-2-8(6-9)14-20-21-15(23-14)13(22)19-10-4-5-12(18)11(17)7-10/h1-7H,(H,19,22). The van der Waals surface area contributed by atoms with E-state index in [4.69, 9.17) is 27.6 Å². The number of halogens is 3. The maximum Gasteiger partial charge on any atom is 0.313 e. The molecule has 0 aliphatic heterocycles. The van der Waals surface area contributed by atoms with Gasteiger partial charge >= 0.3 is 11.8 Å². The molecule has 3 aromatic rings. The Hall–Kier alpha value is -2.44. The quantitative estimate of drug-likeness (QED) is 0.757. The zero-order valence-electron chi connectivity index (χ0n) is 11.4. The minimum absolute atomic E-state index is 0.104. The predicted octanol–water partition coefficient (Wildman–Crippen LogP) is 4.43. The summed E-state index contributed by atoms with van der Waals surface area (Å²) in [6, 6.07) is 10.6. The molecule has 3 rings (SSSR count). The average Bonchev–Trinajstić information content (AvgIpc) is 3.01. The monoisotopic (exact) mass is 351 g/mol. The smallest absolute Gasteiger partial charge is 0.313 e. The van der Waals surface area contributed by atoms with Gasteiger partial charge in [-0.25, -0.2) is 4.39 Å². The number of rotatable bonds is 3. The zero-order chi connectivity index (χ0) is 16.4. The van der Waals surface area contributed by atoms with E-state index in [-0.39, 0.29) is 16.8 Å². The second-order valence-electron chi connectivity index (χ2n) is 4.51. The number of anilines is 1. The van der Waals surface area contributed by atoms with E-state index < -0.39 is 11.7 Å². The van der Waals surface area contributed by atoms with E-state index in [0.29, 0.717) is 16.3 Å². The van der Waals surface area contributed by atoms with Crippen molar-refractivity contribution in [3.05, 3.63) is 64.2 Å². The van der Waals surface area contributed by atoms with Crippen LogP contribution in [0.25, 0.3) is 11.5 Å². The van der Waals surface area contributed by atoms with Crippen molar-refractivity contribution in [1.29, 1.82) is 0 Å². The number of aromatic nitrogens is 2. The third-order valence-electron chi connectivity index (χ3n) is 2.87. The molecule has 0 saturated heterocycles. The average molecular weight is 352 g/mol. The Kier molecular flexibility index (Phi) is 4.27. The SMILES string of the molecule is O=C(Nc1ccc(F)c(Cl)c1)c1nnc(-c2cccc(Cl)c2)o1. The first-order chi connectivity index (χ1) is 11.0. The summed E-state index contributed by atoms with van der Waals surface area (Å²) in [6.07, 6.45) is 0. The van der Waals surface area contributed by atoms with Crippen molar-refractivity contribution in [2.75, 3.05) is 5.32 Å². The van der Waals surface area contributed by atoms with Crippen molar-refractivity contribution in [3.63, 3.8) is 0 Å². The fourth-order valence-electron chi connectivity index (χ4n) is 1.81. The fraction of sp³-hybridized carbons (Fsp3) is 0. The summed E-state index contributed by atoms with van der Waals surface area (Å²) in [6.45, 7) is 0. The summed E-state index contributed by atoms with van der Waals surface area (Å²) >= 11 is 11.5. The summed E-state index contributed by atoms with van der Waals surface area (Å²) in [4.78, 5) is 12.1. The second kappa shape index (κ2) is 6.36. The highest BCUT2D eigenvalue weighted by Gasteiger charge is 2.16. The Balaban J connectivity index is 1.79. The molecule has 0 atom stereocenters. The maximum atomic E-state index is 13.1. The molecule has 0 spiro atoms. The summed E-state index contributed by atoms with van der Waals surface area (Å²) in [5.74, 6) is -1.28. The molecule has 23 heavy (non-hydrogen) atoms. The van der Waals surface area contributed by atoms with Gasteiger partial charge in [-0.05, 0) is 36.4 Å². The lowest BCUT2D eigenvalue weighted by molar-refractivity contribution is 0.0991. The van der Waals surface area contributed by atoms with Gasteiger partial charge in [-0.3, -0.25) is 4.79 Å². The van der Waals surface area contributed by atoms with Gasteiger partial charge in [0.05, 0.1) is 5.02 Å². The fourth-order valence-corrected chi connectivity index (χ4v) is 2.18. The molecule has 1 heterocycles. The minimum atomic E-state index is -0.631. The second-order valence-corrected chi connectivity index (χ2v) is 5.35. The number of nitrogens with one attached hydrogen (secondary N) is 1.